The van der Waals surface area contributed by atoms with Gasteiger partial charge in [-0.05, 0) is 30.7 Å². The molecule has 0 aliphatic rings. The van der Waals surface area contributed by atoms with Crippen LogP contribution in [0, 0.1) is 6.92 Å². The maximum absolute atomic E-state index is 11.0. The minimum absolute atomic E-state index is 0.0532. The average molecular weight is 298 g/mol. The van der Waals surface area contributed by atoms with E-state index in [1.807, 2.05) is 0 Å². The van der Waals surface area contributed by atoms with Crippen molar-refractivity contribution in [3.8, 4) is 11.6 Å². The van der Waals surface area contributed by atoms with Crippen LogP contribution in [0.15, 0.2) is 30.3 Å². The van der Waals surface area contributed by atoms with Crippen LogP contribution in [0.3, 0.4) is 0 Å². The van der Waals surface area contributed by atoms with E-state index in [2.05, 4.69) is 4.98 Å². The van der Waals surface area contributed by atoms with Crippen molar-refractivity contribution in [3.63, 3.8) is 0 Å². The van der Waals surface area contributed by atoms with Crippen LogP contribution >= 0.6 is 23.2 Å². The van der Waals surface area contributed by atoms with Gasteiger partial charge in [-0.3, -0.25) is 0 Å². The zero-order valence-electron chi connectivity index (χ0n) is 9.85. The Morgan fingerprint density at radius 3 is 2.63 bits per heavy atom. The highest BCUT2D eigenvalue weighted by atomic mass is 35.5. The summed E-state index contributed by atoms with van der Waals surface area (Å²) in [6.45, 7) is 1.66. The number of pyridine rings is 1. The molecule has 0 saturated heterocycles. The summed E-state index contributed by atoms with van der Waals surface area (Å²) >= 11 is 11.7. The van der Waals surface area contributed by atoms with Gasteiger partial charge in [-0.1, -0.05) is 29.3 Å². The van der Waals surface area contributed by atoms with Crippen LogP contribution in [0.5, 0.6) is 11.6 Å². The summed E-state index contributed by atoms with van der Waals surface area (Å²) in [5, 5.41) is 9.80. The van der Waals surface area contributed by atoms with Crippen LogP contribution in [0.2, 0.25) is 10.0 Å². The van der Waals surface area contributed by atoms with Crippen LogP contribution < -0.4 is 4.74 Å². The molecule has 1 N–H and O–H groups in total. The fourth-order valence-corrected chi connectivity index (χ4v) is 1.90. The van der Waals surface area contributed by atoms with Crippen molar-refractivity contribution in [2.75, 3.05) is 0 Å². The summed E-state index contributed by atoms with van der Waals surface area (Å²) in [5.41, 5.74) is 0.504. The Bertz CT molecular complexity index is 644. The number of rotatable bonds is 3. The second-order valence-corrected chi connectivity index (χ2v) is 4.64. The summed E-state index contributed by atoms with van der Waals surface area (Å²) in [6, 6.07) is 7.94. The van der Waals surface area contributed by atoms with Gasteiger partial charge in [-0.15, -0.1) is 0 Å². The van der Waals surface area contributed by atoms with E-state index in [1.54, 1.807) is 31.2 Å². The normalized spacial score (nSPS) is 10.3. The molecule has 0 aliphatic heterocycles. The Labute approximate surface area is 119 Å². The van der Waals surface area contributed by atoms with E-state index in [9.17, 15) is 4.79 Å². The fourth-order valence-electron chi connectivity index (χ4n) is 1.45. The van der Waals surface area contributed by atoms with E-state index in [1.165, 1.54) is 6.07 Å². The Balaban J connectivity index is 2.33. The molecular weight excluding hydrogens is 289 g/mol. The molecule has 4 nitrogen and oxygen atoms in total. The largest absolute Gasteiger partial charge is 0.477 e. The van der Waals surface area contributed by atoms with Crippen molar-refractivity contribution in [1.29, 1.82) is 0 Å². The third kappa shape index (κ3) is 3.16. The molecule has 0 aliphatic carbocycles. The fraction of sp³-hybridized carbons (Fsp3) is 0.0769. The zero-order valence-corrected chi connectivity index (χ0v) is 11.4. The SMILES string of the molecule is Cc1ccc(Oc2ccc(Cl)cc2Cl)nc1C(=O)O. The second kappa shape index (κ2) is 5.47. The van der Waals surface area contributed by atoms with Crippen molar-refractivity contribution in [3.05, 3.63) is 51.6 Å². The second-order valence-electron chi connectivity index (χ2n) is 3.80. The summed E-state index contributed by atoms with van der Waals surface area (Å²) in [7, 11) is 0. The summed E-state index contributed by atoms with van der Waals surface area (Å²) in [6.07, 6.45) is 0. The first-order valence-corrected chi connectivity index (χ1v) is 6.07. The number of carboxylic acids is 1. The van der Waals surface area contributed by atoms with Gasteiger partial charge in [0.25, 0.3) is 0 Å². The summed E-state index contributed by atoms with van der Waals surface area (Å²) in [4.78, 5) is 14.9. The molecule has 1 aromatic carbocycles. The molecule has 0 unspecified atom stereocenters. The monoisotopic (exact) mass is 297 g/mol. The lowest BCUT2D eigenvalue weighted by molar-refractivity contribution is 0.0688. The van der Waals surface area contributed by atoms with Crippen molar-refractivity contribution in [1.82, 2.24) is 4.98 Å². The van der Waals surface area contributed by atoms with Crippen LogP contribution in [0.4, 0.5) is 0 Å². The van der Waals surface area contributed by atoms with E-state index in [0.717, 1.165) is 0 Å². The molecule has 2 rings (SSSR count). The molecule has 98 valence electrons. The highest BCUT2D eigenvalue weighted by molar-refractivity contribution is 6.35. The topological polar surface area (TPSA) is 59.4 Å². The van der Waals surface area contributed by atoms with Gasteiger partial charge >= 0.3 is 5.97 Å². The smallest absolute Gasteiger partial charge is 0.354 e. The molecule has 1 aromatic heterocycles. The molecule has 0 bridgehead atoms. The number of aryl methyl sites for hydroxylation is 1. The molecule has 0 atom stereocenters. The highest BCUT2D eigenvalue weighted by Crippen LogP contribution is 2.31. The average Bonchev–Trinajstić information content (AvgIpc) is 2.34. The Hall–Kier alpha value is -1.78. The first-order valence-electron chi connectivity index (χ1n) is 5.31. The first kappa shape index (κ1) is 13.6. The zero-order chi connectivity index (χ0) is 14.0. The van der Waals surface area contributed by atoms with Crippen LogP contribution in [-0.2, 0) is 0 Å². The number of carboxylic acid groups (broad SMARTS) is 1. The van der Waals surface area contributed by atoms with Crippen molar-refractivity contribution < 1.29 is 14.6 Å². The number of halogens is 2. The van der Waals surface area contributed by atoms with E-state index >= 15 is 0 Å². The molecule has 2 aromatic rings. The van der Waals surface area contributed by atoms with Gasteiger partial charge in [0.05, 0.1) is 5.02 Å². The Morgan fingerprint density at radius 2 is 2.00 bits per heavy atom. The van der Waals surface area contributed by atoms with Crippen molar-refractivity contribution in [2.45, 2.75) is 6.92 Å². The van der Waals surface area contributed by atoms with Gasteiger partial charge in [0.2, 0.25) is 5.88 Å². The molecule has 0 fully saturated rings. The molecular formula is C13H9Cl2NO3. The number of benzene rings is 1. The number of aromatic nitrogens is 1. The van der Waals surface area contributed by atoms with Gasteiger partial charge in [0, 0.05) is 11.1 Å². The lowest BCUT2D eigenvalue weighted by Crippen LogP contribution is -2.04. The molecule has 0 amide bonds. The number of ether oxygens (including phenoxy) is 1. The molecule has 0 spiro atoms. The first-order chi connectivity index (χ1) is 8.97. The third-order valence-corrected chi connectivity index (χ3v) is 2.91. The summed E-state index contributed by atoms with van der Waals surface area (Å²) < 4.78 is 5.44. The van der Waals surface area contributed by atoms with E-state index in [-0.39, 0.29) is 11.6 Å². The predicted molar refractivity (Wildman–Crippen MR) is 72.5 cm³/mol. The Kier molecular flexibility index (Phi) is 3.93. The van der Waals surface area contributed by atoms with Gasteiger partial charge in [-0.2, -0.15) is 0 Å². The van der Waals surface area contributed by atoms with E-state index in [0.29, 0.717) is 21.4 Å². The molecule has 0 radical (unpaired) electrons. The lowest BCUT2D eigenvalue weighted by Gasteiger charge is -2.08. The molecule has 1 heterocycles. The molecule has 0 saturated carbocycles. The minimum atomic E-state index is -1.11. The van der Waals surface area contributed by atoms with E-state index in [4.69, 9.17) is 33.0 Å². The predicted octanol–water partition coefficient (Wildman–Crippen LogP) is 4.19. The molecule has 19 heavy (non-hydrogen) atoms. The van der Waals surface area contributed by atoms with Crippen molar-refractivity contribution >= 4 is 29.2 Å². The quantitative estimate of drug-likeness (QED) is 0.923. The maximum atomic E-state index is 11.0. The van der Waals surface area contributed by atoms with Crippen molar-refractivity contribution in [2.24, 2.45) is 0 Å². The highest BCUT2D eigenvalue weighted by Gasteiger charge is 2.12. The lowest BCUT2D eigenvalue weighted by atomic mass is 10.2. The third-order valence-electron chi connectivity index (χ3n) is 2.38. The van der Waals surface area contributed by atoms with Gasteiger partial charge in [-0.25, -0.2) is 9.78 Å². The Morgan fingerprint density at radius 1 is 1.26 bits per heavy atom. The van der Waals surface area contributed by atoms with Gasteiger partial charge in [0.15, 0.2) is 5.69 Å². The standard InChI is InChI=1S/C13H9Cl2NO3/c1-7-2-5-11(16-12(7)13(17)18)19-10-4-3-8(14)6-9(10)15/h2-6H,1H3,(H,17,18). The number of nitrogens with zero attached hydrogens (tertiary/aromatic N) is 1. The number of hydrogen-bond donors (Lipinski definition) is 1. The van der Waals surface area contributed by atoms with Crippen LogP contribution in [0.1, 0.15) is 16.1 Å². The molecule has 6 heteroatoms. The van der Waals surface area contributed by atoms with Crippen LogP contribution in [0.25, 0.3) is 0 Å². The number of carbonyl (C=O) groups is 1. The van der Waals surface area contributed by atoms with Gasteiger partial charge < -0.3 is 9.84 Å². The van der Waals surface area contributed by atoms with Crippen LogP contribution in [-0.4, -0.2) is 16.1 Å². The minimum Gasteiger partial charge on any atom is -0.477 e. The maximum Gasteiger partial charge on any atom is 0.354 e. The summed E-state index contributed by atoms with van der Waals surface area (Å²) in [5.74, 6) is -0.587. The van der Waals surface area contributed by atoms with Gasteiger partial charge in [0.1, 0.15) is 5.75 Å². The number of aromatic carboxylic acids is 1. The number of hydrogen-bond acceptors (Lipinski definition) is 3. The van der Waals surface area contributed by atoms with E-state index < -0.39 is 5.97 Å².